The van der Waals surface area contributed by atoms with Crippen LogP contribution >= 0.6 is 11.6 Å². The van der Waals surface area contributed by atoms with E-state index in [2.05, 4.69) is 52.2 Å². The van der Waals surface area contributed by atoms with E-state index in [-0.39, 0.29) is 10.7 Å². The van der Waals surface area contributed by atoms with E-state index in [9.17, 15) is 4.21 Å². The second-order valence-electron chi connectivity index (χ2n) is 8.95. The lowest BCUT2D eigenvalue weighted by Crippen LogP contribution is -2.29. The molecule has 1 fully saturated rings. The lowest BCUT2D eigenvalue weighted by Gasteiger charge is -2.37. The Morgan fingerprint density at radius 2 is 1.93 bits per heavy atom. The molecule has 0 spiro atoms. The Morgan fingerprint density at radius 3 is 2.50 bits per heavy atom. The van der Waals surface area contributed by atoms with Crippen molar-refractivity contribution < 1.29 is 9.05 Å². The number of benzene rings is 1. The number of allylic oxidation sites excluding steroid dienone is 2. The molecule has 0 heterocycles. The van der Waals surface area contributed by atoms with Crippen LogP contribution in [0, 0.1) is 19.3 Å². The minimum absolute atomic E-state index is 0.152. The third-order valence-corrected chi connectivity index (χ3v) is 8.33. The molecular weight excluding hydrogens is 414 g/mol. The number of nitrogens with one attached hydrogen (secondary N) is 1. The predicted molar refractivity (Wildman–Crippen MR) is 129 cm³/mol. The Hall–Kier alpha value is -1.10. The number of aryl methyl sites for hydroxylation is 2. The average Bonchev–Trinajstić information content (AvgIpc) is 2.70. The molecule has 0 aliphatic heterocycles. The van der Waals surface area contributed by atoms with Crippen molar-refractivity contribution in [2.24, 2.45) is 5.41 Å². The largest absolute Gasteiger partial charge is 0.272 e. The summed E-state index contributed by atoms with van der Waals surface area (Å²) in [4.78, 5) is 6.57. The molecule has 3 nitrogen and oxygen atoms in total. The first kappa shape index (κ1) is 25.2. The highest BCUT2D eigenvalue weighted by atomic mass is 35.5. The van der Waals surface area contributed by atoms with Crippen LogP contribution in [-0.4, -0.2) is 16.1 Å². The van der Waals surface area contributed by atoms with E-state index in [1.807, 2.05) is 6.07 Å². The first-order chi connectivity index (χ1) is 14.3. The minimum atomic E-state index is -0.967. The molecule has 0 aromatic heterocycles. The molecule has 0 saturated heterocycles. The van der Waals surface area contributed by atoms with Gasteiger partial charge in [0.25, 0.3) is 0 Å². The van der Waals surface area contributed by atoms with Crippen molar-refractivity contribution in [1.29, 1.82) is 0 Å². The maximum atomic E-state index is 13.3. The summed E-state index contributed by atoms with van der Waals surface area (Å²) in [5.41, 5.74) is 9.86. The summed E-state index contributed by atoms with van der Waals surface area (Å²) in [6.45, 7) is 11.3. The Labute approximate surface area is 190 Å². The van der Waals surface area contributed by atoms with E-state index in [4.69, 9.17) is 16.4 Å². The number of hydrogen-bond acceptors (Lipinski definition) is 3. The van der Waals surface area contributed by atoms with Crippen LogP contribution < -0.4 is 5.48 Å². The summed E-state index contributed by atoms with van der Waals surface area (Å²) >= 11 is 5.56. The normalized spacial score (nSPS) is 21.6. The van der Waals surface area contributed by atoms with Gasteiger partial charge in [-0.2, -0.15) is 0 Å². The minimum Gasteiger partial charge on any atom is -0.272 e. The smallest absolute Gasteiger partial charge is 0.0938 e. The highest BCUT2D eigenvalue weighted by Crippen LogP contribution is 2.44. The fraction of sp³-hybridized carbons (Fsp3) is 0.600. The summed E-state index contributed by atoms with van der Waals surface area (Å²) in [7, 11) is -0.967. The van der Waals surface area contributed by atoms with E-state index < -0.39 is 10.8 Å². The van der Waals surface area contributed by atoms with E-state index in [1.165, 1.54) is 16.8 Å². The lowest BCUT2D eigenvalue weighted by molar-refractivity contribution is 0.0811. The van der Waals surface area contributed by atoms with Crippen LogP contribution in [0.3, 0.4) is 0 Å². The van der Waals surface area contributed by atoms with Crippen molar-refractivity contribution in [3.05, 3.63) is 52.2 Å². The molecule has 0 bridgehead atoms. The SMILES string of the molecule is CCCC(NOCC=CCl)=C1CCC(C)(CC(C)S(=O)c2c(C)cccc2C)CC1. The van der Waals surface area contributed by atoms with E-state index in [1.54, 1.807) is 6.08 Å². The highest BCUT2D eigenvalue weighted by Gasteiger charge is 2.33. The van der Waals surface area contributed by atoms with Gasteiger partial charge in [0.2, 0.25) is 0 Å². The quantitative estimate of drug-likeness (QED) is 0.304. The second-order valence-corrected chi connectivity index (χ2v) is 11.0. The lowest BCUT2D eigenvalue weighted by atomic mass is 9.71. The summed E-state index contributed by atoms with van der Waals surface area (Å²) in [5, 5.41) is 0.152. The van der Waals surface area contributed by atoms with Crippen LogP contribution in [0.5, 0.6) is 0 Å². The van der Waals surface area contributed by atoms with Crippen molar-refractivity contribution >= 4 is 22.4 Å². The molecule has 1 N–H and O–H groups in total. The van der Waals surface area contributed by atoms with Gasteiger partial charge in [-0.05, 0) is 80.6 Å². The number of hydroxylamine groups is 1. The van der Waals surface area contributed by atoms with Gasteiger partial charge in [-0.3, -0.25) is 14.5 Å². The third-order valence-electron chi connectivity index (χ3n) is 6.21. The Kier molecular flexibility index (Phi) is 10.1. The zero-order chi connectivity index (χ0) is 22.1. The van der Waals surface area contributed by atoms with Crippen LogP contribution in [0.4, 0.5) is 0 Å². The molecule has 1 aliphatic rings. The van der Waals surface area contributed by atoms with Crippen LogP contribution in [0.15, 0.2) is 46.0 Å². The molecule has 30 heavy (non-hydrogen) atoms. The van der Waals surface area contributed by atoms with Gasteiger partial charge in [-0.15, -0.1) is 0 Å². The van der Waals surface area contributed by atoms with Gasteiger partial charge in [0, 0.05) is 21.4 Å². The summed E-state index contributed by atoms with van der Waals surface area (Å²) in [6, 6.07) is 6.18. The molecule has 168 valence electrons. The van der Waals surface area contributed by atoms with E-state index >= 15 is 0 Å². The van der Waals surface area contributed by atoms with E-state index in [0.29, 0.717) is 6.61 Å². The monoisotopic (exact) mass is 451 g/mol. The molecule has 2 unspecified atom stereocenters. The molecule has 0 amide bonds. The van der Waals surface area contributed by atoms with Gasteiger partial charge in [0.1, 0.15) is 0 Å². The molecule has 5 heteroatoms. The average molecular weight is 452 g/mol. The Balaban J connectivity index is 2.01. The first-order valence-electron chi connectivity index (χ1n) is 11.1. The molecule has 2 rings (SSSR count). The van der Waals surface area contributed by atoms with E-state index in [0.717, 1.165) is 61.0 Å². The Morgan fingerprint density at radius 1 is 1.30 bits per heavy atom. The molecule has 2 atom stereocenters. The summed E-state index contributed by atoms with van der Waals surface area (Å²) in [6.07, 6.45) is 9.28. The number of halogens is 1. The van der Waals surface area contributed by atoms with Crippen LogP contribution in [0.25, 0.3) is 0 Å². The van der Waals surface area contributed by atoms with Crippen molar-refractivity contribution in [2.45, 2.75) is 89.7 Å². The highest BCUT2D eigenvalue weighted by molar-refractivity contribution is 7.85. The fourth-order valence-electron chi connectivity index (χ4n) is 4.51. The second kappa shape index (κ2) is 12.1. The molecule has 0 radical (unpaired) electrons. The van der Waals surface area contributed by atoms with Crippen molar-refractivity contribution in [3.8, 4) is 0 Å². The summed E-state index contributed by atoms with van der Waals surface area (Å²) in [5.74, 6) is 0. The zero-order valence-electron chi connectivity index (χ0n) is 19.2. The topological polar surface area (TPSA) is 38.3 Å². The van der Waals surface area contributed by atoms with Gasteiger partial charge in [-0.25, -0.2) is 0 Å². The van der Waals surface area contributed by atoms with Crippen LogP contribution in [0.1, 0.15) is 76.8 Å². The van der Waals surface area contributed by atoms with Crippen molar-refractivity contribution in [3.63, 3.8) is 0 Å². The maximum absolute atomic E-state index is 13.3. The fourth-order valence-corrected chi connectivity index (χ4v) is 6.31. The third kappa shape index (κ3) is 6.96. The molecule has 1 aliphatic carbocycles. The number of hydrogen-bond donors (Lipinski definition) is 1. The van der Waals surface area contributed by atoms with Gasteiger partial charge < -0.3 is 0 Å². The molecule has 1 aromatic carbocycles. The zero-order valence-corrected chi connectivity index (χ0v) is 20.8. The Bertz CT molecular complexity index is 757. The predicted octanol–water partition coefficient (Wildman–Crippen LogP) is 7.10. The van der Waals surface area contributed by atoms with Crippen molar-refractivity contribution in [1.82, 2.24) is 5.48 Å². The first-order valence-corrected chi connectivity index (χ1v) is 12.8. The van der Waals surface area contributed by atoms with Gasteiger partial charge in [0.15, 0.2) is 0 Å². The maximum Gasteiger partial charge on any atom is 0.0938 e. The van der Waals surface area contributed by atoms with Crippen LogP contribution in [0.2, 0.25) is 0 Å². The van der Waals surface area contributed by atoms with Crippen LogP contribution in [-0.2, 0) is 15.6 Å². The summed E-state index contributed by atoms with van der Waals surface area (Å²) < 4.78 is 13.3. The standard InChI is InChI=1S/C25H38ClNO2S/c1-6-9-23(27-29-17-8-16-26)22-12-14-25(5,15-13-22)18-21(4)30(28)24-19(2)10-7-11-20(24)3/h7-8,10-11,16,21,27H,6,9,12-15,17-18H2,1-5H3. The van der Waals surface area contributed by atoms with Crippen molar-refractivity contribution in [2.75, 3.05) is 6.61 Å². The number of rotatable bonds is 10. The molecular formula is C25H38ClNO2S. The van der Waals surface area contributed by atoms with Gasteiger partial charge >= 0.3 is 0 Å². The van der Waals surface area contributed by atoms with Gasteiger partial charge in [0.05, 0.1) is 17.4 Å². The molecule has 1 aromatic rings. The molecule has 1 saturated carbocycles. The van der Waals surface area contributed by atoms with Gasteiger partial charge in [-0.1, -0.05) is 57.0 Å².